The van der Waals surface area contributed by atoms with E-state index in [2.05, 4.69) is 10.6 Å². The number of hydrogen-bond acceptors (Lipinski definition) is 4. The highest BCUT2D eigenvalue weighted by atomic mass is 35.5. The van der Waals surface area contributed by atoms with Crippen LogP contribution in [0.5, 0.6) is 0 Å². The summed E-state index contributed by atoms with van der Waals surface area (Å²) < 4.78 is 5.77. The number of halogens is 1. The van der Waals surface area contributed by atoms with Crippen LogP contribution in [0.2, 0.25) is 5.02 Å². The van der Waals surface area contributed by atoms with Gasteiger partial charge in [0.15, 0.2) is 0 Å². The highest BCUT2D eigenvalue weighted by Crippen LogP contribution is 2.38. The minimum atomic E-state index is -0.862. The van der Waals surface area contributed by atoms with Gasteiger partial charge in [-0.3, -0.25) is 14.5 Å². The van der Waals surface area contributed by atoms with Gasteiger partial charge in [-0.2, -0.15) is 0 Å². The van der Waals surface area contributed by atoms with Crippen molar-refractivity contribution in [2.24, 2.45) is 5.92 Å². The van der Waals surface area contributed by atoms with Crippen molar-refractivity contribution in [3.63, 3.8) is 0 Å². The first-order valence-corrected chi connectivity index (χ1v) is 10.3. The smallest absolute Gasteiger partial charge is 0.325 e. The second-order valence-corrected chi connectivity index (χ2v) is 8.50. The van der Waals surface area contributed by atoms with Gasteiger partial charge in [0.2, 0.25) is 5.91 Å². The van der Waals surface area contributed by atoms with Crippen LogP contribution in [-0.2, 0) is 9.59 Å². The number of carbonyl (C=O) groups is 3. The Morgan fingerprint density at radius 1 is 1.38 bits per heavy atom. The lowest BCUT2D eigenvalue weighted by atomic mass is 9.73. The summed E-state index contributed by atoms with van der Waals surface area (Å²) in [5.41, 5.74) is -0.188. The molecule has 4 rings (SSSR count). The Morgan fingerprint density at radius 3 is 2.93 bits per heavy atom. The van der Waals surface area contributed by atoms with E-state index < -0.39 is 23.5 Å². The third kappa shape index (κ3) is 3.48. The van der Waals surface area contributed by atoms with Gasteiger partial charge < -0.3 is 15.1 Å². The van der Waals surface area contributed by atoms with Crippen molar-refractivity contribution in [2.45, 2.75) is 51.1 Å². The quantitative estimate of drug-likeness (QED) is 0.741. The molecule has 1 aliphatic carbocycles. The summed E-state index contributed by atoms with van der Waals surface area (Å²) >= 11 is 6.00. The summed E-state index contributed by atoms with van der Waals surface area (Å²) in [5.74, 6) is -0.0804. The highest BCUT2D eigenvalue weighted by Gasteiger charge is 2.55. The van der Waals surface area contributed by atoms with Crippen LogP contribution in [-0.4, -0.2) is 34.8 Å². The van der Waals surface area contributed by atoms with Crippen LogP contribution in [0.3, 0.4) is 0 Å². The van der Waals surface area contributed by atoms with E-state index >= 15 is 0 Å². The fourth-order valence-electron chi connectivity index (χ4n) is 4.39. The molecule has 7 nitrogen and oxygen atoms in total. The summed E-state index contributed by atoms with van der Waals surface area (Å²) in [5, 5.41) is 7.11. The van der Waals surface area contributed by atoms with Gasteiger partial charge in [0.05, 0.1) is 6.04 Å². The van der Waals surface area contributed by atoms with Gasteiger partial charge in [0, 0.05) is 10.4 Å². The second kappa shape index (κ2) is 7.37. The monoisotopic (exact) mass is 417 g/mol. The molecular formula is C21H24ClN3O4. The number of fused-ring (bicyclic) bond motifs is 1. The van der Waals surface area contributed by atoms with E-state index in [1.807, 2.05) is 13.0 Å². The molecule has 2 aromatic rings. The fraction of sp³-hybridized carbons (Fsp3) is 0.476. The number of imide groups is 1. The largest absolute Gasteiger partial charge is 0.459 e. The topological polar surface area (TPSA) is 91.7 Å². The van der Waals surface area contributed by atoms with Gasteiger partial charge in [-0.05, 0) is 49.9 Å². The molecule has 154 valence electrons. The van der Waals surface area contributed by atoms with Crippen LogP contribution in [0.4, 0.5) is 4.79 Å². The second-order valence-electron chi connectivity index (χ2n) is 8.06. The van der Waals surface area contributed by atoms with Crippen molar-refractivity contribution in [2.75, 3.05) is 6.54 Å². The maximum Gasteiger partial charge on any atom is 0.325 e. The number of rotatable bonds is 4. The van der Waals surface area contributed by atoms with E-state index in [-0.39, 0.29) is 18.4 Å². The predicted molar refractivity (Wildman–Crippen MR) is 108 cm³/mol. The Bertz CT molecular complexity index is 987. The Balaban J connectivity index is 1.43. The number of furan rings is 1. The van der Waals surface area contributed by atoms with Gasteiger partial charge in [0.25, 0.3) is 5.91 Å². The van der Waals surface area contributed by atoms with Crippen LogP contribution < -0.4 is 10.6 Å². The molecule has 1 aromatic heterocycles. The van der Waals surface area contributed by atoms with Gasteiger partial charge in [-0.25, -0.2) is 4.79 Å². The maximum absolute atomic E-state index is 13.0. The van der Waals surface area contributed by atoms with Gasteiger partial charge >= 0.3 is 6.03 Å². The highest BCUT2D eigenvalue weighted by molar-refractivity contribution is 6.31. The number of benzene rings is 1. The third-order valence-electron chi connectivity index (χ3n) is 6.10. The van der Waals surface area contributed by atoms with E-state index in [9.17, 15) is 14.4 Å². The van der Waals surface area contributed by atoms with Gasteiger partial charge in [-0.15, -0.1) is 0 Å². The van der Waals surface area contributed by atoms with E-state index in [1.165, 1.54) is 0 Å². The summed E-state index contributed by atoms with van der Waals surface area (Å²) in [4.78, 5) is 39.0. The average Bonchev–Trinajstić information content (AvgIpc) is 3.19. The summed E-state index contributed by atoms with van der Waals surface area (Å²) in [7, 11) is 0. The molecule has 1 aromatic carbocycles. The minimum absolute atomic E-state index is 0.0575. The average molecular weight is 418 g/mol. The molecule has 1 aliphatic heterocycles. The molecule has 2 fully saturated rings. The number of urea groups is 1. The zero-order valence-corrected chi connectivity index (χ0v) is 17.2. The van der Waals surface area contributed by atoms with Gasteiger partial charge in [0.1, 0.15) is 23.4 Å². The molecule has 1 spiro atoms. The summed E-state index contributed by atoms with van der Waals surface area (Å²) in [6.45, 7) is 3.46. The number of carbonyl (C=O) groups excluding carboxylic acids is 3. The Labute approximate surface area is 173 Å². The van der Waals surface area contributed by atoms with Crippen molar-refractivity contribution >= 4 is 40.4 Å². The molecular weight excluding hydrogens is 394 g/mol. The SMILES string of the molecule is C[C@H](NC(=O)CN1C(=O)N[C@@]2(CCCC[C@H]2C)C1=O)c1cc2cc(Cl)ccc2o1. The Kier molecular flexibility index (Phi) is 5.02. The molecule has 1 saturated heterocycles. The molecule has 0 unspecified atom stereocenters. The first-order valence-electron chi connectivity index (χ1n) is 9.92. The van der Waals surface area contributed by atoms with Crippen LogP contribution in [0.15, 0.2) is 28.7 Å². The van der Waals surface area contributed by atoms with Crippen LogP contribution in [0.1, 0.15) is 51.3 Å². The van der Waals surface area contributed by atoms with Crippen molar-refractivity contribution in [1.29, 1.82) is 0 Å². The van der Waals surface area contributed by atoms with E-state index in [1.54, 1.807) is 25.1 Å². The fourth-order valence-corrected chi connectivity index (χ4v) is 4.57. The molecule has 2 aliphatic rings. The lowest BCUT2D eigenvalue weighted by molar-refractivity contribution is -0.137. The van der Waals surface area contributed by atoms with Crippen molar-refractivity contribution in [1.82, 2.24) is 15.5 Å². The lowest BCUT2D eigenvalue weighted by Gasteiger charge is -2.36. The number of hydrogen-bond donors (Lipinski definition) is 2. The lowest BCUT2D eigenvalue weighted by Crippen LogP contribution is -2.54. The normalized spacial score (nSPS) is 25.5. The van der Waals surface area contributed by atoms with Crippen molar-refractivity contribution < 1.29 is 18.8 Å². The van der Waals surface area contributed by atoms with Crippen molar-refractivity contribution in [3.8, 4) is 0 Å². The molecule has 2 N–H and O–H groups in total. The Hall–Kier alpha value is -2.54. The zero-order valence-electron chi connectivity index (χ0n) is 16.5. The standard InChI is InChI=1S/C21H24ClN3O4/c1-12-5-3-4-8-21(12)19(27)25(20(28)24-21)11-18(26)23-13(2)17-10-14-9-15(22)6-7-16(14)29-17/h6-7,9-10,12-13H,3-5,8,11H2,1-2H3,(H,23,26)(H,24,28)/t12-,13+,21-/m1/s1. The van der Waals surface area contributed by atoms with Crippen LogP contribution >= 0.6 is 11.6 Å². The van der Waals surface area contributed by atoms with E-state index in [0.29, 0.717) is 22.8 Å². The third-order valence-corrected chi connectivity index (χ3v) is 6.34. The molecule has 2 heterocycles. The molecule has 4 amide bonds. The molecule has 1 saturated carbocycles. The molecule has 0 bridgehead atoms. The van der Waals surface area contributed by atoms with Crippen LogP contribution in [0, 0.1) is 5.92 Å². The van der Waals surface area contributed by atoms with E-state index in [4.69, 9.17) is 16.0 Å². The molecule has 0 radical (unpaired) electrons. The number of nitrogens with one attached hydrogen (secondary N) is 2. The number of nitrogens with zero attached hydrogens (tertiary/aromatic N) is 1. The van der Waals surface area contributed by atoms with E-state index in [0.717, 1.165) is 29.5 Å². The minimum Gasteiger partial charge on any atom is -0.459 e. The first-order chi connectivity index (χ1) is 13.8. The zero-order chi connectivity index (χ0) is 20.8. The number of amides is 4. The molecule has 29 heavy (non-hydrogen) atoms. The maximum atomic E-state index is 13.0. The first kappa shape index (κ1) is 19.8. The van der Waals surface area contributed by atoms with Gasteiger partial charge in [-0.1, -0.05) is 31.4 Å². The Morgan fingerprint density at radius 2 is 2.17 bits per heavy atom. The molecule has 3 atom stereocenters. The van der Waals surface area contributed by atoms with Crippen LogP contribution in [0.25, 0.3) is 11.0 Å². The predicted octanol–water partition coefficient (Wildman–Crippen LogP) is 3.76. The molecule has 8 heteroatoms. The summed E-state index contributed by atoms with van der Waals surface area (Å²) in [6.07, 6.45) is 3.45. The summed E-state index contributed by atoms with van der Waals surface area (Å²) in [6, 6.07) is 6.20. The van der Waals surface area contributed by atoms with Crippen molar-refractivity contribution in [3.05, 3.63) is 35.0 Å².